The maximum atomic E-state index is 12.8. The van der Waals surface area contributed by atoms with Gasteiger partial charge in [0.1, 0.15) is 36.0 Å². The van der Waals surface area contributed by atoms with Crippen LogP contribution in [0.3, 0.4) is 0 Å². The predicted molar refractivity (Wildman–Crippen MR) is 166 cm³/mol. The van der Waals surface area contributed by atoms with Gasteiger partial charge < -0.3 is 33.5 Å². The van der Waals surface area contributed by atoms with E-state index >= 15 is 0 Å². The highest BCUT2D eigenvalue weighted by Gasteiger charge is 2.53. The van der Waals surface area contributed by atoms with Crippen LogP contribution in [0.1, 0.15) is 34.9 Å². The third-order valence-electron chi connectivity index (χ3n) is 8.02. The van der Waals surface area contributed by atoms with Gasteiger partial charge in [-0.15, -0.1) is 0 Å². The Morgan fingerprint density at radius 3 is 2.02 bits per heavy atom. The lowest BCUT2D eigenvalue weighted by Gasteiger charge is -2.40. The zero-order valence-electron chi connectivity index (χ0n) is 25.7. The number of aromatic amines is 1. The number of aryl methyl sites for hydroxylation is 1. The van der Waals surface area contributed by atoms with Crippen LogP contribution in [0.25, 0.3) is 0 Å². The van der Waals surface area contributed by atoms with Gasteiger partial charge in [-0.05, 0) is 47.9 Å². The summed E-state index contributed by atoms with van der Waals surface area (Å²) in [5.74, 6) is -0.353. The predicted octanol–water partition coefficient (Wildman–Crippen LogP) is 3.51. The summed E-state index contributed by atoms with van der Waals surface area (Å²) in [6.07, 6.45) is -0.736. The second-order valence-corrected chi connectivity index (χ2v) is 10.7. The van der Waals surface area contributed by atoms with E-state index in [0.717, 1.165) is 16.7 Å². The largest absolute Gasteiger partial charge is 0.497 e. The van der Waals surface area contributed by atoms with Crippen LogP contribution in [0.15, 0.2) is 94.6 Å². The molecule has 0 radical (unpaired) electrons. The monoisotopic (exact) mass is 618 g/mol. The summed E-state index contributed by atoms with van der Waals surface area (Å²) < 4.78 is 37.0. The molecule has 0 bridgehead atoms. The fourth-order valence-electron chi connectivity index (χ4n) is 5.58. The topological polar surface area (TPSA) is 130 Å². The van der Waals surface area contributed by atoms with E-state index in [2.05, 4.69) is 4.98 Å². The number of ether oxygens (including phenoxy) is 6. The first-order valence-corrected chi connectivity index (χ1v) is 14.6. The van der Waals surface area contributed by atoms with Gasteiger partial charge in [0, 0.05) is 25.3 Å². The third-order valence-corrected chi connectivity index (χ3v) is 8.02. The van der Waals surface area contributed by atoms with Crippen molar-refractivity contribution in [3.05, 3.63) is 128 Å². The quantitative estimate of drug-likeness (QED) is 0.171. The Hall–Kier alpha value is -4.26. The molecular weight excluding hydrogens is 580 g/mol. The number of hydrogen-bond donors (Lipinski definition) is 2. The molecule has 0 spiro atoms. The van der Waals surface area contributed by atoms with Crippen molar-refractivity contribution in [2.45, 2.75) is 37.1 Å². The summed E-state index contributed by atoms with van der Waals surface area (Å²) in [5.41, 5.74) is 0.322. The summed E-state index contributed by atoms with van der Waals surface area (Å²) in [5, 5.41) is 11.5. The fourth-order valence-corrected chi connectivity index (χ4v) is 5.58. The van der Waals surface area contributed by atoms with E-state index in [-0.39, 0.29) is 26.2 Å². The number of nitrogens with one attached hydrogen (secondary N) is 1. The number of nitrogens with zero attached hydrogens (tertiary/aromatic N) is 1. The van der Waals surface area contributed by atoms with Crippen LogP contribution in [-0.2, 0) is 24.5 Å². The van der Waals surface area contributed by atoms with Gasteiger partial charge in [0.15, 0.2) is 0 Å². The summed E-state index contributed by atoms with van der Waals surface area (Å²) in [4.78, 5) is 27.1. The maximum Gasteiger partial charge on any atom is 0.330 e. The van der Waals surface area contributed by atoms with E-state index in [1.165, 1.54) is 17.9 Å². The van der Waals surface area contributed by atoms with Crippen LogP contribution in [0.5, 0.6) is 11.5 Å². The van der Waals surface area contributed by atoms with Gasteiger partial charge in [0.2, 0.25) is 5.79 Å². The highest BCUT2D eigenvalue weighted by atomic mass is 16.7. The molecule has 2 N–H and O–H groups in total. The zero-order valence-corrected chi connectivity index (χ0v) is 25.7. The van der Waals surface area contributed by atoms with E-state index in [4.69, 9.17) is 28.4 Å². The summed E-state index contributed by atoms with van der Waals surface area (Å²) in [7, 11) is 4.74. The Morgan fingerprint density at radius 1 is 0.889 bits per heavy atom. The van der Waals surface area contributed by atoms with Gasteiger partial charge in [-0.25, -0.2) is 4.79 Å². The number of H-pyrrole nitrogens is 1. The molecule has 1 saturated heterocycles. The van der Waals surface area contributed by atoms with Crippen molar-refractivity contribution >= 4 is 0 Å². The molecule has 0 amide bonds. The maximum absolute atomic E-state index is 12.8. The van der Waals surface area contributed by atoms with E-state index in [1.807, 2.05) is 78.9 Å². The average molecular weight is 619 g/mol. The second-order valence-electron chi connectivity index (χ2n) is 10.7. The fraction of sp³-hybridized carbons (Fsp3) is 0.353. The van der Waals surface area contributed by atoms with E-state index < -0.39 is 35.0 Å². The van der Waals surface area contributed by atoms with Crippen LogP contribution in [0, 0.1) is 6.92 Å². The minimum Gasteiger partial charge on any atom is -0.497 e. The number of hydrogen-bond acceptors (Lipinski definition) is 9. The third kappa shape index (κ3) is 6.44. The standard InChI is InChI=1S/C34H38N2O9/c1-23-21-36(32(39)35-31(23)38)30-20-29(37)33(45-30,43-19-18-40-2)22-44-34(24-8-6-5-7-9-24,25-10-14-27(41-3)15-11-25)26-12-16-28(42-4)17-13-26/h5-17,21,29-30,37H,18-20,22H2,1-4H3,(H,35,38,39)/t29-,30+,33+/m0/s1. The van der Waals surface area contributed by atoms with Crippen molar-refractivity contribution in [3.8, 4) is 11.5 Å². The highest BCUT2D eigenvalue weighted by molar-refractivity contribution is 5.49. The molecule has 0 unspecified atom stereocenters. The highest BCUT2D eigenvalue weighted by Crippen LogP contribution is 2.45. The van der Waals surface area contributed by atoms with Crippen LogP contribution < -0.4 is 20.7 Å². The van der Waals surface area contributed by atoms with Gasteiger partial charge in [-0.2, -0.15) is 0 Å². The van der Waals surface area contributed by atoms with Crippen LogP contribution >= 0.6 is 0 Å². The minimum atomic E-state index is -1.70. The normalized spacial score (nSPS) is 19.8. The molecule has 0 aliphatic carbocycles. The van der Waals surface area contributed by atoms with Crippen LogP contribution in [0.2, 0.25) is 0 Å². The molecule has 11 nitrogen and oxygen atoms in total. The number of methoxy groups -OCH3 is 3. The van der Waals surface area contributed by atoms with Crippen molar-refractivity contribution in [1.29, 1.82) is 0 Å². The number of rotatable bonds is 13. The summed E-state index contributed by atoms with van der Waals surface area (Å²) in [6.45, 7) is 1.63. The summed E-state index contributed by atoms with van der Waals surface area (Å²) >= 11 is 0. The van der Waals surface area contributed by atoms with Crippen LogP contribution in [-0.4, -0.2) is 67.7 Å². The van der Waals surface area contributed by atoms with Gasteiger partial charge in [0.25, 0.3) is 5.56 Å². The molecule has 1 fully saturated rings. The van der Waals surface area contributed by atoms with Gasteiger partial charge in [-0.1, -0.05) is 54.6 Å². The molecule has 11 heteroatoms. The Kier molecular flexibility index (Phi) is 9.86. The minimum absolute atomic E-state index is 0.00510. The van der Waals surface area contributed by atoms with Crippen molar-refractivity contribution in [2.24, 2.45) is 0 Å². The lowest BCUT2D eigenvalue weighted by Crippen LogP contribution is -2.50. The molecule has 3 atom stereocenters. The molecular formula is C34H38N2O9. The second kappa shape index (κ2) is 13.8. The smallest absolute Gasteiger partial charge is 0.330 e. The number of aliphatic hydroxyl groups excluding tert-OH is 1. The molecule has 238 valence electrons. The molecule has 5 rings (SSSR count). The average Bonchev–Trinajstić information content (AvgIpc) is 3.39. The molecule has 2 heterocycles. The molecule has 1 aliphatic rings. The molecule has 45 heavy (non-hydrogen) atoms. The Bertz CT molecular complexity index is 1620. The Labute approximate surface area is 260 Å². The Balaban J connectivity index is 1.62. The first-order chi connectivity index (χ1) is 21.8. The van der Waals surface area contributed by atoms with Crippen molar-refractivity contribution < 1.29 is 33.5 Å². The molecule has 4 aromatic rings. The van der Waals surface area contributed by atoms with Gasteiger partial charge in [-0.3, -0.25) is 14.3 Å². The summed E-state index contributed by atoms with van der Waals surface area (Å²) in [6, 6.07) is 24.8. The lowest BCUT2D eigenvalue weighted by atomic mass is 9.80. The molecule has 0 saturated carbocycles. The molecule has 1 aromatic heterocycles. The zero-order chi connectivity index (χ0) is 32.0. The van der Waals surface area contributed by atoms with E-state index in [1.54, 1.807) is 21.1 Å². The lowest BCUT2D eigenvalue weighted by molar-refractivity contribution is -0.297. The number of aromatic nitrogens is 2. The van der Waals surface area contributed by atoms with Crippen molar-refractivity contribution in [1.82, 2.24) is 9.55 Å². The number of benzene rings is 3. The SMILES string of the molecule is COCCO[C@]1(COC(c2ccccc2)(c2ccc(OC)cc2)c2ccc(OC)cc2)O[C@@H](n2cc(C)c(=O)[nH]c2=O)C[C@@H]1O. The first-order valence-electron chi connectivity index (χ1n) is 14.6. The van der Waals surface area contributed by atoms with Crippen LogP contribution in [0.4, 0.5) is 0 Å². The number of aliphatic hydroxyl groups is 1. The molecule has 1 aliphatic heterocycles. The van der Waals surface area contributed by atoms with Gasteiger partial charge in [0.05, 0.1) is 27.4 Å². The van der Waals surface area contributed by atoms with Gasteiger partial charge >= 0.3 is 5.69 Å². The van der Waals surface area contributed by atoms with Crippen molar-refractivity contribution in [3.63, 3.8) is 0 Å². The van der Waals surface area contributed by atoms with E-state index in [9.17, 15) is 14.7 Å². The Morgan fingerprint density at radius 2 is 1.47 bits per heavy atom. The van der Waals surface area contributed by atoms with E-state index in [0.29, 0.717) is 17.1 Å². The first kappa shape index (κ1) is 32.1. The van der Waals surface area contributed by atoms with Crippen molar-refractivity contribution in [2.75, 3.05) is 41.2 Å². The molecule has 3 aromatic carbocycles.